The molecule has 0 bridgehead atoms. The van der Waals surface area contributed by atoms with Crippen molar-refractivity contribution in [2.75, 3.05) is 0 Å². The first kappa shape index (κ1) is 18.5. The molecule has 0 rings (SSSR count). The number of allylic oxidation sites excluding steroid dienone is 5. The highest BCUT2D eigenvalue weighted by Crippen LogP contribution is 2.07. The van der Waals surface area contributed by atoms with Gasteiger partial charge in [0.2, 0.25) is 0 Å². The van der Waals surface area contributed by atoms with Crippen molar-refractivity contribution in [2.45, 2.75) is 64.7 Å². The molecule has 0 heterocycles. The quantitative estimate of drug-likeness (QED) is 0.293. The monoisotopic (exact) mass is 276 g/mol. The molecule has 0 aromatic rings. The van der Waals surface area contributed by atoms with Crippen LogP contribution < -0.4 is 0 Å². The molecule has 0 aromatic carbocycles. The van der Waals surface area contributed by atoms with E-state index in [1.807, 2.05) is 18.2 Å². The second kappa shape index (κ2) is 15.5. The minimum Gasteiger partial charge on any atom is -0.481 e. The lowest BCUT2D eigenvalue weighted by molar-refractivity contribution is -0.137. The van der Waals surface area contributed by atoms with Gasteiger partial charge in [0.05, 0.1) is 0 Å². The van der Waals surface area contributed by atoms with Gasteiger partial charge in [-0.1, -0.05) is 56.9 Å². The summed E-state index contributed by atoms with van der Waals surface area (Å²) in [6.45, 7) is 2.16. The smallest absolute Gasteiger partial charge is 0.303 e. The van der Waals surface area contributed by atoms with Gasteiger partial charge in [0.25, 0.3) is 0 Å². The SMILES string of the molecule is CCCC=C=CC=CC=CCCCCCCCC(=O)O. The predicted molar refractivity (Wildman–Crippen MR) is 85.8 cm³/mol. The van der Waals surface area contributed by atoms with Crippen molar-refractivity contribution in [1.29, 1.82) is 0 Å². The zero-order chi connectivity index (χ0) is 14.9. The molecule has 0 atom stereocenters. The van der Waals surface area contributed by atoms with Crippen LogP contribution >= 0.6 is 0 Å². The third-order valence-electron chi connectivity index (χ3n) is 2.86. The summed E-state index contributed by atoms with van der Waals surface area (Å²) in [5.74, 6) is -0.682. The Hall–Kier alpha value is -1.53. The largest absolute Gasteiger partial charge is 0.481 e. The lowest BCUT2D eigenvalue weighted by Crippen LogP contribution is -1.93. The Labute approximate surface area is 123 Å². The van der Waals surface area contributed by atoms with E-state index in [9.17, 15) is 4.79 Å². The molecule has 0 aliphatic rings. The van der Waals surface area contributed by atoms with Crippen LogP contribution in [0.25, 0.3) is 0 Å². The van der Waals surface area contributed by atoms with E-state index in [1.54, 1.807) is 0 Å². The number of aliphatic carboxylic acids is 1. The lowest BCUT2D eigenvalue weighted by Gasteiger charge is -1.97. The van der Waals surface area contributed by atoms with E-state index in [1.165, 1.54) is 19.3 Å². The maximum atomic E-state index is 10.3. The van der Waals surface area contributed by atoms with Crippen LogP contribution in [0.4, 0.5) is 0 Å². The Bertz CT molecular complexity index is 344. The molecule has 112 valence electrons. The Morgan fingerprint density at radius 3 is 2.50 bits per heavy atom. The Kier molecular flexibility index (Phi) is 14.3. The summed E-state index contributed by atoms with van der Waals surface area (Å²) >= 11 is 0. The van der Waals surface area contributed by atoms with Crippen LogP contribution in [0.1, 0.15) is 64.7 Å². The van der Waals surface area contributed by atoms with Gasteiger partial charge < -0.3 is 5.11 Å². The lowest BCUT2D eigenvalue weighted by atomic mass is 10.1. The van der Waals surface area contributed by atoms with E-state index in [0.717, 1.165) is 32.1 Å². The van der Waals surface area contributed by atoms with Gasteiger partial charge in [0.1, 0.15) is 0 Å². The fourth-order valence-electron chi connectivity index (χ4n) is 1.71. The number of carboxylic acid groups (broad SMARTS) is 1. The summed E-state index contributed by atoms with van der Waals surface area (Å²) in [7, 11) is 0. The van der Waals surface area contributed by atoms with Gasteiger partial charge in [0, 0.05) is 6.42 Å². The van der Waals surface area contributed by atoms with Crippen molar-refractivity contribution >= 4 is 5.97 Å². The van der Waals surface area contributed by atoms with Crippen LogP contribution in [0, 0.1) is 0 Å². The molecular weight excluding hydrogens is 248 g/mol. The number of carboxylic acids is 1. The highest BCUT2D eigenvalue weighted by Gasteiger charge is 1.95. The first-order valence-corrected chi connectivity index (χ1v) is 7.72. The summed E-state index contributed by atoms with van der Waals surface area (Å²) in [4.78, 5) is 10.3. The average Bonchev–Trinajstić information content (AvgIpc) is 2.43. The molecular formula is C18H28O2. The minimum atomic E-state index is -0.682. The van der Waals surface area contributed by atoms with Gasteiger partial charge in [-0.15, -0.1) is 5.73 Å². The fourth-order valence-corrected chi connectivity index (χ4v) is 1.71. The Morgan fingerprint density at radius 1 is 1.00 bits per heavy atom. The van der Waals surface area contributed by atoms with E-state index < -0.39 is 5.97 Å². The van der Waals surface area contributed by atoms with Crippen molar-refractivity contribution in [3.63, 3.8) is 0 Å². The molecule has 0 aliphatic heterocycles. The molecule has 0 unspecified atom stereocenters. The molecule has 0 radical (unpaired) electrons. The first-order chi connectivity index (χ1) is 9.77. The van der Waals surface area contributed by atoms with Gasteiger partial charge in [-0.05, 0) is 37.8 Å². The van der Waals surface area contributed by atoms with Gasteiger partial charge >= 0.3 is 5.97 Å². The van der Waals surface area contributed by atoms with Gasteiger partial charge in [-0.25, -0.2) is 0 Å². The summed E-state index contributed by atoms with van der Waals surface area (Å²) in [5.41, 5.74) is 3.11. The van der Waals surface area contributed by atoms with Crippen molar-refractivity contribution in [2.24, 2.45) is 0 Å². The molecule has 2 heteroatoms. The zero-order valence-corrected chi connectivity index (χ0v) is 12.7. The maximum Gasteiger partial charge on any atom is 0.303 e. The molecule has 0 aromatic heterocycles. The second-order valence-corrected chi connectivity index (χ2v) is 4.84. The fraction of sp³-hybridized carbons (Fsp3) is 0.556. The normalized spacial score (nSPS) is 10.8. The van der Waals surface area contributed by atoms with E-state index in [2.05, 4.69) is 30.9 Å². The molecule has 0 saturated heterocycles. The van der Waals surface area contributed by atoms with Crippen molar-refractivity contribution in [3.8, 4) is 0 Å². The number of carbonyl (C=O) groups is 1. The topological polar surface area (TPSA) is 37.3 Å². The summed E-state index contributed by atoms with van der Waals surface area (Å²) < 4.78 is 0. The van der Waals surface area contributed by atoms with Crippen LogP contribution in [0.5, 0.6) is 0 Å². The minimum absolute atomic E-state index is 0.310. The highest BCUT2D eigenvalue weighted by atomic mass is 16.4. The maximum absolute atomic E-state index is 10.3. The third kappa shape index (κ3) is 16.5. The van der Waals surface area contributed by atoms with Crippen LogP contribution in [0.2, 0.25) is 0 Å². The number of hydrogen-bond acceptors (Lipinski definition) is 1. The first-order valence-electron chi connectivity index (χ1n) is 7.72. The van der Waals surface area contributed by atoms with Crippen molar-refractivity contribution in [3.05, 3.63) is 42.2 Å². The van der Waals surface area contributed by atoms with Crippen LogP contribution in [-0.2, 0) is 4.79 Å². The third-order valence-corrected chi connectivity index (χ3v) is 2.86. The molecule has 0 fully saturated rings. The van der Waals surface area contributed by atoms with E-state index >= 15 is 0 Å². The molecule has 20 heavy (non-hydrogen) atoms. The number of rotatable bonds is 12. The van der Waals surface area contributed by atoms with Crippen molar-refractivity contribution < 1.29 is 9.90 Å². The molecule has 0 saturated carbocycles. The van der Waals surface area contributed by atoms with Crippen LogP contribution in [-0.4, -0.2) is 11.1 Å². The second-order valence-electron chi connectivity index (χ2n) is 4.84. The number of unbranched alkanes of at least 4 members (excludes halogenated alkanes) is 6. The molecule has 0 aliphatic carbocycles. The van der Waals surface area contributed by atoms with Gasteiger partial charge in [-0.2, -0.15) is 0 Å². The van der Waals surface area contributed by atoms with E-state index in [4.69, 9.17) is 5.11 Å². The van der Waals surface area contributed by atoms with Gasteiger partial charge in [-0.3, -0.25) is 4.79 Å². The van der Waals surface area contributed by atoms with Gasteiger partial charge in [0.15, 0.2) is 0 Å². The molecule has 2 nitrogen and oxygen atoms in total. The zero-order valence-electron chi connectivity index (χ0n) is 12.7. The molecule has 0 amide bonds. The summed E-state index contributed by atoms with van der Waals surface area (Å²) in [6, 6.07) is 0. The van der Waals surface area contributed by atoms with Crippen LogP contribution in [0.3, 0.4) is 0 Å². The Balaban J connectivity index is 3.37. The number of hydrogen-bond donors (Lipinski definition) is 1. The Morgan fingerprint density at radius 2 is 1.75 bits per heavy atom. The molecule has 0 spiro atoms. The standard InChI is InChI=1S/C18H28O2/c1-2-3-4-5-6-7-8-9-10-11-12-13-14-15-16-17-18(19)20/h4,6-10H,2-3,11-17H2,1H3,(H,19,20). The van der Waals surface area contributed by atoms with E-state index in [-0.39, 0.29) is 0 Å². The van der Waals surface area contributed by atoms with E-state index in [0.29, 0.717) is 6.42 Å². The average molecular weight is 276 g/mol. The van der Waals surface area contributed by atoms with Crippen molar-refractivity contribution in [1.82, 2.24) is 0 Å². The van der Waals surface area contributed by atoms with Crippen LogP contribution in [0.15, 0.2) is 42.2 Å². The molecule has 1 N–H and O–H groups in total. The summed E-state index contributed by atoms with van der Waals surface area (Å²) in [5, 5.41) is 8.49. The highest BCUT2D eigenvalue weighted by molar-refractivity contribution is 5.66. The predicted octanol–water partition coefficient (Wildman–Crippen LogP) is 5.43. The summed E-state index contributed by atoms with van der Waals surface area (Å²) in [6.07, 6.45) is 21.3.